The summed E-state index contributed by atoms with van der Waals surface area (Å²) in [7, 11) is 0. The van der Waals surface area contributed by atoms with Crippen LogP contribution in [-0.4, -0.2) is 47.7 Å². The summed E-state index contributed by atoms with van der Waals surface area (Å²) in [5, 5.41) is 12.6. The lowest BCUT2D eigenvalue weighted by molar-refractivity contribution is -0.143. The zero-order valence-corrected chi connectivity index (χ0v) is 11.3. The van der Waals surface area contributed by atoms with Crippen LogP contribution in [0.3, 0.4) is 0 Å². The monoisotopic (exact) mass is 242 g/mol. The average Bonchev–Trinajstić information content (AvgIpc) is 2.79. The van der Waals surface area contributed by atoms with E-state index in [4.69, 9.17) is 5.11 Å². The predicted molar refractivity (Wildman–Crippen MR) is 69.2 cm³/mol. The van der Waals surface area contributed by atoms with Gasteiger partial charge in [-0.15, -0.1) is 0 Å². The molecule has 4 heteroatoms. The predicted octanol–water partition coefficient (Wildman–Crippen LogP) is 1.56. The second-order valence-corrected chi connectivity index (χ2v) is 5.16. The van der Waals surface area contributed by atoms with Gasteiger partial charge in [0.1, 0.15) is 0 Å². The number of nitrogens with one attached hydrogen (secondary N) is 1. The molecule has 0 radical (unpaired) electrons. The molecule has 0 amide bonds. The summed E-state index contributed by atoms with van der Waals surface area (Å²) in [5.74, 6) is -0.999. The normalized spacial score (nSPS) is 23.9. The van der Waals surface area contributed by atoms with Gasteiger partial charge < -0.3 is 10.4 Å². The first kappa shape index (κ1) is 14.5. The van der Waals surface area contributed by atoms with Gasteiger partial charge in [-0.1, -0.05) is 13.8 Å². The second-order valence-electron chi connectivity index (χ2n) is 5.16. The average molecular weight is 242 g/mol. The van der Waals surface area contributed by atoms with E-state index in [1.165, 1.54) is 12.8 Å². The standard InChI is InChI=1S/C13H26N2O2/c1-4-8-15(9-12-6-5-7-14-12)11(3)10(2)13(16)17/h10-12,14H,4-9H2,1-3H3,(H,16,17). The highest BCUT2D eigenvalue weighted by molar-refractivity contribution is 5.70. The fraction of sp³-hybridized carbons (Fsp3) is 0.923. The highest BCUT2D eigenvalue weighted by Gasteiger charge is 2.27. The largest absolute Gasteiger partial charge is 0.481 e. The maximum atomic E-state index is 11.0. The number of carboxylic acid groups (broad SMARTS) is 1. The maximum Gasteiger partial charge on any atom is 0.307 e. The smallest absolute Gasteiger partial charge is 0.307 e. The summed E-state index contributed by atoms with van der Waals surface area (Å²) in [6, 6.07) is 0.653. The van der Waals surface area contributed by atoms with Crippen molar-refractivity contribution >= 4 is 5.97 Å². The van der Waals surface area contributed by atoms with Gasteiger partial charge in [0.25, 0.3) is 0 Å². The van der Waals surface area contributed by atoms with E-state index in [1.807, 2.05) is 6.92 Å². The number of hydrogen-bond donors (Lipinski definition) is 2. The Kier molecular flexibility index (Phi) is 5.92. The summed E-state index contributed by atoms with van der Waals surface area (Å²) in [4.78, 5) is 13.4. The molecule has 0 saturated carbocycles. The molecule has 0 bridgehead atoms. The second kappa shape index (κ2) is 6.97. The maximum absolute atomic E-state index is 11.0. The van der Waals surface area contributed by atoms with E-state index in [0.29, 0.717) is 6.04 Å². The van der Waals surface area contributed by atoms with Crippen LogP contribution in [0.15, 0.2) is 0 Å². The van der Waals surface area contributed by atoms with Gasteiger partial charge in [0.15, 0.2) is 0 Å². The molecule has 1 heterocycles. The van der Waals surface area contributed by atoms with Crippen molar-refractivity contribution in [3.63, 3.8) is 0 Å². The van der Waals surface area contributed by atoms with E-state index >= 15 is 0 Å². The molecule has 3 atom stereocenters. The molecular formula is C13H26N2O2. The fourth-order valence-electron chi connectivity index (χ4n) is 2.47. The zero-order valence-electron chi connectivity index (χ0n) is 11.3. The molecule has 0 aromatic heterocycles. The Morgan fingerprint density at radius 2 is 2.24 bits per heavy atom. The number of carboxylic acids is 1. The lowest BCUT2D eigenvalue weighted by Crippen LogP contribution is -2.46. The number of hydrogen-bond acceptors (Lipinski definition) is 3. The van der Waals surface area contributed by atoms with E-state index in [1.54, 1.807) is 6.92 Å². The Morgan fingerprint density at radius 3 is 2.71 bits per heavy atom. The molecule has 1 fully saturated rings. The Labute approximate surface area is 104 Å². The Hall–Kier alpha value is -0.610. The van der Waals surface area contributed by atoms with Gasteiger partial charge in [0, 0.05) is 18.6 Å². The molecule has 100 valence electrons. The molecule has 4 nitrogen and oxygen atoms in total. The van der Waals surface area contributed by atoms with Crippen molar-refractivity contribution in [1.82, 2.24) is 10.2 Å². The van der Waals surface area contributed by atoms with E-state index in [9.17, 15) is 4.79 Å². The van der Waals surface area contributed by atoms with E-state index < -0.39 is 5.97 Å². The van der Waals surface area contributed by atoms with Gasteiger partial charge in [-0.25, -0.2) is 0 Å². The molecule has 1 aliphatic heterocycles. The van der Waals surface area contributed by atoms with Crippen LogP contribution in [0.2, 0.25) is 0 Å². The van der Waals surface area contributed by atoms with E-state index in [0.717, 1.165) is 26.1 Å². The first-order chi connectivity index (χ1) is 8.06. The molecule has 0 aromatic carbocycles. The van der Waals surface area contributed by atoms with Crippen LogP contribution in [0.25, 0.3) is 0 Å². The summed E-state index contributed by atoms with van der Waals surface area (Å²) in [5.41, 5.74) is 0. The van der Waals surface area contributed by atoms with Crippen LogP contribution in [0, 0.1) is 5.92 Å². The van der Waals surface area contributed by atoms with Crippen molar-refractivity contribution in [2.45, 2.75) is 52.1 Å². The zero-order chi connectivity index (χ0) is 12.8. The van der Waals surface area contributed by atoms with Crippen LogP contribution in [0.1, 0.15) is 40.0 Å². The van der Waals surface area contributed by atoms with Crippen molar-refractivity contribution in [3.8, 4) is 0 Å². The number of carbonyl (C=O) groups is 1. The Morgan fingerprint density at radius 1 is 1.53 bits per heavy atom. The third-order valence-corrected chi connectivity index (χ3v) is 3.82. The van der Waals surface area contributed by atoms with Gasteiger partial charge in [-0.3, -0.25) is 9.69 Å². The van der Waals surface area contributed by atoms with E-state index in [2.05, 4.69) is 17.1 Å². The fourth-order valence-corrected chi connectivity index (χ4v) is 2.47. The Bertz CT molecular complexity index is 240. The first-order valence-electron chi connectivity index (χ1n) is 6.76. The minimum absolute atomic E-state index is 0.106. The van der Waals surface area contributed by atoms with Crippen molar-refractivity contribution in [2.24, 2.45) is 5.92 Å². The van der Waals surface area contributed by atoms with Crippen LogP contribution >= 0.6 is 0 Å². The minimum Gasteiger partial charge on any atom is -0.481 e. The van der Waals surface area contributed by atoms with Crippen LogP contribution in [-0.2, 0) is 4.79 Å². The first-order valence-corrected chi connectivity index (χ1v) is 6.76. The summed E-state index contributed by atoms with van der Waals surface area (Å²) < 4.78 is 0. The molecule has 1 aliphatic rings. The van der Waals surface area contributed by atoms with Crippen molar-refractivity contribution in [2.75, 3.05) is 19.6 Å². The molecule has 2 N–H and O–H groups in total. The van der Waals surface area contributed by atoms with Crippen LogP contribution in [0.4, 0.5) is 0 Å². The molecule has 1 saturated heterocycles. The molecule has 1 rings (SSSR count). The number of aliphatic carboxylic acids is 1. The van der Waals surface area contributed by atoms with Gasteiger partial charge in [0.2, 0.25) is 0 Å². The van der Waals surface area contributed by atoms with Crippen molar-refractivity contribution in [3.05, 3.63) is 0 Å². The third kappa shape index (κ3) is 4.28. The topological polar surface area (TPSA) is 52.6 Å². The molecule has 0 aromatic rings. The van der Waals surface area contributed by atoms with Crippen LogP contribution in [0.5, 0.6) is 0 Å². The van der Waals surface area contributed by atoms with E-state index in [-0.39, 0.29) is 12.0 Å². The molecule has 3 unspecified atom stereocenters. The summed E-state index contributed by atoms with van der Waals surface area (Å²) in [6.45, 7) is 9.05. The lowest BCUT2D eigenvalue weighted by atomic mass is 10.0. The van der Waals surface area contributed by atoms with Crippen molar-refractivity contribution < 1.29 is 9.90 Å². The minimum atomic E-state index is -0.696. The molecule has 17 heavy (non-hydrogen) atoms. The third-order valence-electron chi connectivity index (χ3n) is 3.82. The lowest BCUT2D eigenvalue weighted by Gasteiger charge is -2.33. The van der Waals surface area contributed by atoms with Crippen LogP contribution < -0.4 is 5.32 Å². The molecule has 0 aliphatic carbocycles. The highest BCUT2D eigenvalue weighted by Crippen LogP contribution is 2.15. The van der Waals surface area contributed by atoms with Gasteiger partial charge in [-0.05, 0) is 39.3 Å². The highest BCUT2D eigenvalue weighted by atomic mass is 16.4. The SMILES string of the molecule is CCCN(CC1CCCN1)C(C)C(C)C(=O)O. The number of nitrogens with zero attached hydrogens (tertiary/aromatic N) is 1. The Balaban J connectivity index is 2.53. The van der Waals surface area contributed by atoms with Gasteiger partial charge in [-0.2, -0.15) is 0 Å². The quantitative estimate of drug-likeness (QED) is 0.711. The molecule has 0 spiro atoms. The summed E-state index contributed by atoms with van der Waals surface area (Å²) in [6.07, 6.45) is 3.53. The summed E-state index contributed by atoms with van der Waals surface area (Å²) >= 11 is 0. The van der Waals surface area contributed by atoms with Gasteiger partial charge >= 0.3 is 5.97 Å². The van der Waals surface area contributed by atoms with Crippen molar-refractivity contribution in [1.29, 1.82) is 0 Å². The molecular weight excluding hydrogens is 216 g/mol. The van der Waals surface area contributed by atoms with Gasteiger partial charge in [0.05, 0.1) is 5.92 Å². The number of rotatable bonds is 7.